The van der Waals surface area contributed by atoms with Crippen molar-refractivity contribution in [2.75, 3.05) is 19.8 Å². The highest BCUT2D eigenvalue weighted by Crippen LogP contribution is 2.18. The zero-order chi connectivity index (χ0) is 12.7. The minimum atomic E-state index is 0.386. The topological polar surface area (TPSA) is 21.3 Å². The molecule has 0 aliphatic heterocycles. The normalized spacial score (nSPS) is 13.0. The lowest BCUT2D eigenvalue weighted by atomic mass is 10.00. The van der Waals surface area contributed by atoms with Gasteiger partial charge in [0.2, 0.25) is 0 Å². The molecule has 0 radical (unpaired) electrons. The number of rotatable bonds is 7. The van der Waals surface area contributed by atoms with Crippen molar-refractivity contribution in [3.8, 4) is 0 Å². The summed E-state index contributed by atoms with van der Waals surface area (Å²) >= 11 is 0. The molecule has 1 rings (SSSR count). The molecule has 0 spiro atoms. The Morgan fingerprint density at radius 2 is 1.65 bits per heavy atom. The van der Waals surface area contributed by atoms with Crippen LogP contribution in [-0.4, -0.2) is 19.8 Å². The molecule has 0 aromatic heterocycles. The molecule has 0 fully saturated rings. The van der Waals surface area contributed by atoms with Crippen molar-refractivity contribution in [1.82, 2.24) is 5.32 Å². The first-order valence-electron chi connectivity index (χ1n) is 6.56. The summed E-state index contributed by atoms with van der Waals surface area (Å²) in [5.41, 5.74) is 2.74. The van der Waals surface area contributed by atoms with E-state index in [9.17, 15) is 0 Å². The van der Waals surface area contributed by atoms with Gasteiger partial charge >= 0.3 is 0 Å². The SMILES string of the molecule is CCOCCNC(C)c1ccc(C(C)C)cc1. The first-order valence-corrected chi connectivity index (χ1v) is 6.56. The molecule has 0 heterocycles. The fraction of sp³-hybridized carbons (Fsp3) is 0.600. The monoisotopic (exact) mass is 235 g/mol. The van der Waals surface area contributed by atoms with Crippen molar-refractivity contribution < 1.29 is 4.74 Å². The van der Waals surface area contributed by atoms with Crippen LogP contribution in [0.3, 0.4) is 0 Å². The third-order valence-electron chi connectivity index (χ3n) is 3.00. The molecule has 96 valence electrons. The van der Waals surface area contributed by atoms with Gasteiger partial charge in [-0.3, -0.25) is 0 Å². The number of hydrogen-bond acceptors (Lipinski definition) is 2. The molecule has 0 saturated carbocycles. The Morgan fingerprint density at radius 3 is 2.18 bits per heavy atom. The van der Waals surface area contributed by atoms with Gasteiger partial charge < -0.3 is 10.1 Å². The number of hydrogen-bond donors (Lipinski definition) is 1. The predicted octanol–water partition coefficient (Wildman–Crippen LogP) is 3.50. The van der Waals surface area contributed by atoms with Gasteiger partial charge in [-0.2, -0.15) is 0 Å². The Balaban J connectivity index is 2.43. The molecule has 1 N–H and O–H groups in total. The zero-order valence-corrected chi connectivity index (χ0v) is 11.5. The second-order valence-electron chi connectivity index (χ2n) is 4.69. The largest absolute Gasteiger partial charge is 0.380 e. The van der Waals surface area contributed by atoms with Crippen LogP contribution >= 0.6 is 0 Å². The first-order chi connectivity index (χ1) is 8.15. The van der Waals surface area contributed by atoms with Gasteiger partial charge in [0.25, 0.3) is 0 Å². The van der Waals surface area contributed by atoms with E-state index in [0.717, 1.165) is 19.8 Å². The zero-order valence-electron chi connectivity index (χ0n) is 11.5. The van der Waals surface area contributed by atoms with Gasteiger partial charge in [-0.05, 0) is 30.9 Å². The van der Waals surface area contributed by atoms with E-state index < -0.39 is 0 Å². The van der Waals surface area contributed by atoms with Gasteiger partial charge in [0.15, 0.2) is 0 Å². The summed E-state index contributed by atoms with van der Waals surface area (Å²) in [6.45, 7) is 11.1. The van der Waals surface area contributed by atoms with E-state index in [1.54, 1.807) is 0 Å². The standard InChI is InChI=1S/C15H25NO/c1-5-17-11-10-16-13(4)15-8-6-14(7-9-15)12(2)3/h6-9,12-13,16H,5,10-11H2,1-4H3. The van der Waals surface area contributed by atoms with E-state index in [2.05, 4.69) is 50.4 Å². The quantitative estimate of drug-likeness (QED) is 0.730. The van der Waals surface area contributed by atoms with Crippen LogP contribution in [0, 0.1) is 0 Å². The molecule has 0 aliphatic carbocycles. The molecule has 0 aliphatic rings. The summed E-state index contributed by atoms with van der Waals surface area (Å²) in [6.07, 6.45) is 0. The first kappa shape index (κ1) is 14.2. The summed E-state index contributed by atoms with van der Waals surface area (Å²) in [5.74, 6) is 0.602. The van der Waals surface area contributed by atoms with Crippen LogP contribution in [0.1, 0.15) is 50.8 Å². The van der Waals surface area contributed by atoms with Crippen LogP contribution in [0.4, 0.5) is 0 Å². The molecule has 2 nitrogen and oxygen atoms in total. The van der Waals surface area contributed by atoms with Gasteiger partial charge in [-0.1, -0.05) is 38.1 Å². The van der Waals surface area contributed by atoms with E-state index in [0.29, 0.717) is 12.0 Å². The van der Waals surface area contributed by atoms with Gasteiger partial charge in [-0.15, -0.1) is 0 Å². The number of benzene rings is 1. The maximum absolute atomic E-state index is 5.31. The molecular weight excluding hydrogens is 210 g/mol. The Kier molecular flexibility index (Phi) is 6.23. The lowest BCUT2D eigenvalue weighted by molar-refractivity contribution is 0.147. The third-order valence-corrected chi connectivity index (χ3v) is 3.00. The molecule has 2 heteroatoms. The van der Waals surface area contributed by atoms with Crippen LogP contribution < -0.4 is 5.32 Å². The summed E-state index contributed by atoms with van der Waals surface area (Å²) in [7, 11) is 0. The predicted molar refractivity (Wildman–Crippen MR) is 73.4 cm³/mol. The van der Waals surface area contributed by atoms with E-state index in [-0.39, 0.29) is 0 Å². The van der Waals surface area contributed by atoms with Crippen molar-refractivity contribution in [2.45, 2.75) is 39.7 Å². The molecule has 1 aromatic carbocycles. The minimum Gasteiger partial charge on any atom is -0.380 e. The highest BCUT2D eigenvalue weighted by atomic mass is 16.5. The molecule has 1 unspecified atom stereocenters. The fourth-order valence-corrected chi connectivity index (χ4v) is 1.78. The number of nitrogens with one attached hydrogen (secondary N) is 1. The van der Waals surface area contributed by atoms with Gasteiger partial charge in [0, 0.05) is 19.2 Å². The van der Waals surface area contributed by atoms with Crippen molar-refractivity contribution in [3.05, 3.63) is 35.4 Å². The average Bonchev–Trinajstić information content (AvgIpc) is 2.34. The molecule has 0 saturated heterocycles. The Morgan fingerprint density at radius 1 is 1.06 bits per heavy atom. The van der Waals surface area contributed by atoms with Crippen molar-refractivity contribution >= 4 is 0 Å². The van der Waals surface area contributed by atoms with Gasteiger partial charge in [-0.25, -0.2) is 0 Å². The second kappa shape index (κ2) is 7.46. The highest BCUT2D eigenvalue weighted by molar-refractivity contribution is 5.26. The molecular formula is C15H25NO. The highest BCUT2D eigenvalue weighted by Gasteiger charge is 2.05. The van der Waals surface area contributed by atoms with Crippen molar-refractivity contribution in [3.63, 3.8) is 0 Å². The maximum atomic E-state index is 5.31. The van der Waals surface area contributed by atoms with E-state index in [1.807, 2.05) is 6.92 Å². The van der Waals surface area contributed by atoms with Crippen LogP contribution in [-0.2, 0) is 4.74 Å². The fourth-order valence-electron chi connectivity index (χ4n) is 1.78. The second-order valence-corrected chi connectivity index (χ2v) is 4.69. The van der Waals surface area contributed by atoms with E-state index in [4.69, 9.17) is 4.74 Å². The van der Waals surface area contributed by atoms with Crippen LogP contribution in [0.5, 0.6) is 0 Å². The Hall–Kier alpha value is -0.860. The molecule has 1 atom stereocenters. The maximum Gasteiger partial charge on any atom is 0.0590 e. The smallest absolute Gasteiger partial charge is 0.0590 e. The summed E-state index contributed by atoms with van der Waals surface area (Å²) in [6, 6.07) is 9.26. The van der Waals surface area contributed by atoms with E-state index >= 15 is 0 Å². The summed E-state index contributed by atoms with van der Waals surface area (Å²) < 4.78 is 5.31. The summed E-state index contributed by atoms with van der Waals surface area (Å²) in [4.78, 5) is 0. The lowest BCUT2D eigenvalue weighted by Crippen LogP contribution is -2.23. The molecule has 0 bridgehead atoms. The molecule has 0 amide bonds. The molecule has 1 aromatic rings. The van der Waals surface area contributed by atoms with Crippen molar-refractivity contribution in [2.24, 2.45) is 0 Å². The third kappa shape index (κ3) is 4.88. The molecule has 17 heavy (non-hydrogen) atoms. The van der Waals surface area contributed by atoms with Gasteiger partial charge in [0.1, 0.15) is 0 Å². The summed E-state index contributed by atoms with van der Waals surface area (Å²) in [5, 5.41) is 3.46. The average molecular weight is 235 g/mol. The van der Waals surface area contributed by atoms with Crippen LogP contribution in [0.25, 0.3) is 0 Å². The van der Waals surface area contributed by atoms with Gasteiger partial charge in [0.05, 0.1) is 6.61 Å². The van der Waals surface area contributed by atoms with Crippen molar-refractivity contribution in [1.29, 1.82) is 0 Å². The lowest BCUT2D eigenvalue weighted by Gasteiger charge is -2.15. The minimum absolute atomic E-state index is 0.386. The van der Waals surface area contributed by atoms with E-state index in [1.165, 1.54) is 11.1 Å². The Labute approximate surface area is 105 Å². The Bertz CT molecular complexity index is 305. The van der Waals surface area contributed by atoms with Crippen LogP contribution in [0.15, 0.2) is 24.3 Å². The van der Waals surface area contributed by atoms with Crippen LogP contribution in [0.2, 0.25) is 0 Å². The number of ether oxygens (including phenoxy) is 1.